The molecule has 1 heterocycles. The van der Waals surface area contributed by atoms with E-state index in [1.807, 2.05) is 36.0 Å². The Labute approximate surface area is 117 Å². The Morgan fingerprint density at radius 1 is 1.42 bits per heavy atom. The number of nitrogens with one attached hydrogen (secondary N) is 1. The van der Waals surface area contributed by atoms with Crippen LogP contribution in [-0.2, 0) is 0 Å². The average Bonchev–Trinajstić information content (AvgIpc) is 3.25. The fourth-order valence-electron chi connectivity index (χ4n) is 2.26. The lowest BCUT2D eigenvalue weighted by Gasteiger charge is -2.16. The Morgan fingerprint density at radius 2 is 2.21 bits per heavy atom. The van der Waals surface area contributed by atoms with Crippen LogP contribution in [-0.4, -0.2) is 22.5 Å². The van der Waals surface area contributed by atoms with Gasteiger partial charge in [-0.15, -0.1) is 0 Å². The first-order valence-electron chi connectivity index (χ1n) is 6.35. The van der Waals surface area contributed by atoms with Crippen molar-refractivity contribution in [1.82, 2.24) is 4.98 Å². The molecule has 2 aromatic rings. The summed E-state index contributed by atoms with van der Waals surface area (Å²) in [6.07, 6.45) is 6.33. The highest BCUT2D eigenvalue weighted by Gasteiger charge is 2.41. The van der Waals surface area contributed by atoms with E-state index in [2.05, 4.69) is 22.6 Å². The summed E-state index contributed by atoms with van der Waals surface area (Å²) in [5.74, 6) is 0. The number of nitrogens with zero attached hydrogens (tertiary/aromatic N) is 2. The summed E-state index contributed by atoms with van der Waals surface area (Å²) in [5.41, 5.74) is 2.47. The normalized spacial score (nSPS) is 16.0. The number of hydrogen-bond donors (Lipinski definition) is 1. The zero-order chi connectivity index (χ0) is 13.3. The van der Waals surface area contributed by atoms with Gasteiger partial charge < -0.3 is 5.32 Å². The number of aromatic nitrogens is 1. The summed E-state index contributed by atoms with van der Waals surface area (Å²) in [6, 6.07) is 10.2. The van der Waals surface area contributed by atoms with Crippen molar-refractivity contribution < 1.29 is 0 Å². The SMILES string of the molecule is CSC1(CNc2c(C#N)cnc3ccccc23)CC1. The molecular formula is C15H15N3S. The number of thioether (sulfide) groups is 1. The van der Waals surface area contributed by atoms with Crippen molar-refractivity contribution in [2.75, 3.05) is 18.1 Å². The van der Waals surface area contributed by atoms with Crippen molar-refractivity contribution in [3.8, 4) is 6.07 Å². The smallest absolute Gasteiger partial charge is 0.103 e. The van der Waals surface area contributed by atoms with Crippen LogP contribution in [0.1, 0.15) is 18.4 Å². The molecule has 0 radical (unpaired) electrons. The molecule has 0 aliphatic heterocycles. The maximum absolute atomic E-state index is 9.24. The molecule has 1 fully saturated rings. The summed E-state index contributed by atoms with van der Waals surface area (Å²) in [6.45, 7) is 0.914. The van der Waals surface area contributed by atoms with Crippen molar-refractivity contribution in [2.24, 2.45) is 0 Å². The van der Waals surface area contributed by atoms with Crippen LogP contribution in [0.3, 0.4) is 0 Å². The Balaban J connectivity index is 1.98. The van der Waals surface area contributed by atoms with Crippen molar-refractivity contribution >= 4 is 28.4 Å². The molecule has 1 N–H and O–H groups in total. The molecule has 1 saturated carbocycles. The van der Waals surface area contributed by atoms with Crippen LogP contribution >= 0.6 is 11.8 Å². The van der Waals surface area contributed by atoms with Crippen LogP contribution in [0.4, 0.5) is 5.69 Å². The van der Waals surface area contributed by atoms with Crippen molar-refractivity contribution in [1.29, 1.82) is 5.26 Å². The second kappa shape index (κ2) is 4.75. The van der Waals surface area contributed by atoms with Crippen LogP contribution in [0.15, 0.2) is 30.5 Å². The number of fused-ring (bicyclic) bond motifs is 1. The first kappa shape index (κ1) is 12.3. The summed E-state index contributed by atoms with van der Waals surface area (Å²) in [5, 5.41) is 13.7. The van der Waals surface area contributed by atoms with Gasteiger partial charge in [0, 0.05) is 22.9 Å². The van der Waals surface area contributed by atoms with Crippen LogP contribution in [0.2, 0.25) is 0 Å². The minimum atomic E-state index is 0.372. The molecule has 0 atom stereocenters. The quantitative estimate of drug-likeness (QED) is 0.924. The summed E-state index contributed by atoms with van der Waals surface area (Å²) in [7, 11) is 0. The molecule has 3 rings (SSSR count). The molecule has 0 amide bonds. The van der Waals surface area contributed by atoms with E-state index in [0.717, 1.165) is 23.1 Å². The minimum absolute atomic E-state index is 0.372. The fraction of sp³-hybridized carbons (Fsp3) is 0.333. The van der Waals surface area contributed by atoms with Gasteiger partial charge in [0.1, 0.15) is 6.07 Å². The lowest BCUT2D eigenvalue weighted by Crippen LogP contribution is -2.18. The number of hydrogen-bond acceptors (Lipinski definition) is 4. The maximum atomic E-state index is 9.24. The number of para-hydroxylation sites is 1. The first-order valence-corrected chi connectivity index (χ1v) is 7.57. The molecule has 1 aromatic carbocycles. The molecular weight excluding hydrogens is 254 g/mol. The summed E-state index contributed by atoms with van der Waals surface area (Å²) in [4.78, 5) is 4.33. The third kappa shape index (κ3) is 2.26. The molecule has 19 heavy (non-hydrogen) atoms. The zero-order valence-corrected chi connectivity index (χ0v) is 11.6. The maximum Gasteiger partial charge on any atom is 0.103 e. The second-order valence-corrected chi connectivity index (χ2v) is 6.19. The van der Waals surface area contributed by atoms with E-state index in [0.29, 0.717) is 10.3 Å². The molecule has 3 nitrogen and oxygen atoms in total. The molecule has 1 aromatic heterocycles. The Hall–Kier alpha value is -1.73. The molecule has 0 spiro atoms. The lowest BCUT2D eigenvalue weighted by molar-refractivity contribution is 0.950. The minimum Gasteiger partial charge on any atom is -0.382 e. The van der Waals surface area contributed by atoms with E-state index in [1.165, 1.54) is 12.8 Å². The van der Waals surface area contributed by atoms with Crippen LogP contribution in [0, 0.1) is 11.3 Å². The number of pyridine rings is 1. The van der Waals surface area contributed by atoms with Gasteiger partial charge >= 0.3 is 0 Å². The summed E-state index contributed by atoms with van der Waals surface area (Å²) < 4.78 is 0.372. The standard InChI is InChI=1S/C15H15N3S/c1-19-15(6-7-15)10-18-14-11(8-16)9-17-13-5-3-2-4-12(13)14/h2-5,9H,6-7,10H2,1H3,(H,17,18). The van der Waals surface area contributed by atoms with Gasteiger partial charge in [-0.3, -0.25) is 4.98 Å². The van der Waals surface area contributed by atoms with Gasteiger partial charge in [0.25, 0.3) is 0 Å². The van der Waals surface area contributed by atoms with Crippen molar-refractivity contribution in [3.63, 3.8) is 0 Å². The van der Waals surface area contributed by atoms with E-state index >= 15 is 0 Å². The Bertz CT molecular complexity index is 656. The Morgan fingerprint density at radius 3 is 2.89 bits per heavy atom. The fourth-order valence-corrected chi connectivity index (χ4v) is 2.99. The van der Waals surface area contributed by atoms with Gasteiger partial charge in [0.15, 0.2) is 0 Å². The zero-order valence-electron chi connectivity index (χ0n) is 10.8. The van der Waals surface area contributed by atoms with Crippen LogP contribution < -0.4 is 5.32 Å². The lowest BCUT2D eigenvalue weighted by atomic mass is 10.1. The van der Waals surface area contributed by atoms with Crippen LogP contribution in [0.25, 0.3) is 10.9 Å². The second-order valence-electron chi connectivity index (χ2n) is 4.92. The third-order valence-electron chi connectivity index (χ3n) is 3.72. The van der Waals surface area contributed by atoms with E-state index in [4.69, 9.17) is 0 Å². The molecule has 4 heteroatoms. The molecule has 1 aliphatic rings. The van der Waals surface area contributed by atoms with E-state index in [1.54, 1.807) is 6.20 Å². The topological polar surface area (TPSA) is 48.7 Å². The average molecular weight is 269 g/mol. The molecule has 0 saturated heterocycles. The van der Waals surface area contributed by atoms with Crippen molar-refractivity contribution in [3.05, 3.63) is 36.0 Å². The number of benzene rings is 1. The van der Waals surface area contributed by atoms with Gasteiger partial charge in [-0.05, 0) is 25.2 Å². The molecule has 1 aliphatic carbocycles. The van der Waals surface area contributed by atoms with Gasteiger partial charge in [0.2, 0.25) is 0 Å². The third-order valence-corrected chi connectivity index (χ3v) is 5.14. The molecule has 0 unspecified atom stereocenters. The highest BCUT2D eigenvalue weighted by molar-refractivity contribution is 8.00. The number of anilines is 1. The highest BCUT2D eigenvalue weighted by atomic mass is 32.2. The largest absolute Gasteiger partial charge is 0.382 e. The van der Waals surface area contributed by atoms with Gasteiger partial charge in [-0.25, -0.2) is 0 Å². The predicted molar refractivity (Wildman–Crippen MR) is 80.4 cm³/mol. The first-order chi connectivity index (χ1) is 9.28. The number of rotatable bonds is 4. The monoisotopic (exact) mass is 269 g/mol. The predicted octanol–water partition coefficient (Wildman–Crippen LogP) is 3.41. The van der Waals surface area contributed by atoms with Gasteiger partial charge in [0.05, 0.1) is 16.8 Å². The number of nitriles is 1. The van der Waals surface area contributed by atoms with E-state index in [-0.39, 0.29) is 0 Å². The van der Waals surface area contributed by atoms with Gasteiger partial charge in [-0.1, -0.05) is 18.2 Å². The van der Waals surface area contributed by atoms with E-state index in [9.17, 15) is 5.26 Å². The van der Waals surface area contributed by atoms with Crippen LogP contribution in [0.5, 0.6) is 0 Å². The van der Waals surface area contributed by atoms with Gasteiger partial charge in [-0.2, -0.15) is 17.0 Å². The summed E-state index contributed by atoms with van der Waals surface area (Å²) >= 11 is 1.92. The molecule has 0 bridgehead atoms. The van der Waals surface area contributed by atoms with E-state index < -0.39 is 0 Å². The highest BCUT2D eigenvalue weighted by Crippen LogP contribution is 2.47. The Kier molecular flexibility index (Phi) is 3.08. The molecule has 96 valence electrons. The van der Waals surface area contributed by atoms with Crippen molar-refractivity contribution in [2.45, 2.75) is 17.6 Å².